The van der Waals surface area contributed by atoms with Gasteiger partial charge in [-0.15, -0.1) is 0 Å². The summed E-state index contributed by atoms with van der Waals surface area (Å²) in [6.07, 6.45) is 9.05. The molecule has 0 aromatic heterocycles. The summed E-state index contributed by atoms with van der Waals surface area (Å²) in [6.45, 7) is 4.03. The molecule has 0 saturated heterocycles. The van der Waals surface area contributed by atoms with Crippen molar-refractivity contribution in [1.29, 1.82) is 0 Å². The van der Waals surface area contributed by atoms with Crippen molar-refractivity contribution in [3.05, 3.63) is 0 Å². The Morgan fingerprint density at radius 1 is 0.950 bits per heavy atom. The second kappa shape index (κ2) is 11.7. The van der Waals surface area contributed by atoms with Crippen LogP contribution in [0.25, 0.3) is 0 Å². The summed E-state index contributed by atoms with van der Waals surface area (Å²) in [4.78, 5) is 21.9. The molecule has 0 fully saturated rings. The fourth-order valence-electron chi connectivity index (χ4n) is 2.61. The molecule has 0 aromatic carbocycles. The number of hydrogen-bond acceptors (Lipinski definition) is 2. The monoisotopic (exact) mass is 286 g/mol. The number of hydrogen-bond donors (Lipinski definition) is 2. The van der Waals surface area contributed by atoms with E-state index < -0.39 is 17.9 Å². The zero-order chi connectivity index (χ0) is 15.4. The highest BCUT2D eigenvalue weighted by Crippen LogP contribution is 2.24. The van der Waals surface area contributed by atoms with E-state index in [0.717, 1.165) is 19.3 Å². The minimum Gasteiger partial charge on any atom is -0.481 e. The number of carboxylic acid groups (broad SMARTS) is 2. The molecule has 0 radical (unpaired) electrons. The van der Waals surface area contributed by atoms with E-state index in [1.54, 1.807) is 0 Å². The van der Waals surface area contributed by atoms with Crippen LogP contribution >= 0.6 is 0 Å². The molecular weight excluding hydrogens is 256 g/mol. The SMILES string of the molecule is CCCCCCCCC(CC(=O)O)CC(CC)C(=O)O. The van der Waals surface area contributed by atoms with E-state index >= 15 is 0 Å². The lowest BCUT2D eigenvalue weighted by atomic mass is 9.86. The summed E-state index contributed by atoms with van der Waals surface area (Å²) in [6, 6.07) is 0. The second-order valence-corrected chi connectivity index (χ2v) is 5.70. The smallest absolute Gasteiger partial charge is 0.306 e. The molecule has 0 rings (SSSR count). The normalized spacial score (nSPS) is 13.9. The molecule has 20 heavy (non-hydrogen) atoms. The Labute approximate surface area is 122 Å². The van der Waals surface area contributed by atoms with Crippen LogP contribution in [0, 0.1) is 11.8 Å². The molecule has 0 spiro atoms. The van der Waals surface area contributed by atoms with Crippen molar-refractivity contribution < 1.29 is 19.8 Å². The summed E-state index contributed by atoms with van der Waals surface area (Å²) < 4.78 is 0. The van der Waals surface area contributed by atoms with Crippen LogP contribution in [0.5, 0.6) is 0 Å². The lowest BCUT2D eigenvalue weighted by Gasteiger charge is -2.18. The van der Waals surface area contributed by atoms with Crippen LogP contribution in [-0.4, -0.2) is 22.2 Å². The van der Waals surface area contributed by atoms with Gasteiger partial charge in [0.25, 0.3) is 0 Å². The molecule has 0 amide bonds. The van der Waals surface area contributed by atoms with Gasteiger partial charge in [0.2, 0.25) is 0 Å². The third-order valence-corrected chi connectivity index (χ3v) is 3.89. The Bertz CT molecular complexity index is 276. The van der Waals surface area contributed by atoms with Gasteiger partial charge in [-0.05, 0) is 25.2 Å². The van der Waals surface area contributed by atoms with Crippen LogP contribution in [0.1, 0.15) is 78.1 Å². The molecule has 0 heterocycles. The number of unbranched alkanes of at least 4 members (excludes halogenated alkanes) is 5. The zero-order valence-electron chi connectivity index (χ0n) is 12.9. The van der Waals surface area contributed by atoms with Gasteiger partial charge in [0.1, 0.15) is 0 Å². The quantitative estimate of drug-likeness (QED) is 0.494. The molecule has 118 valence electrons. The minimum atomic E-state index is -0.818. The van der Waals surface area contributed by atoms with E-state index in [1.165, 1.54) is 25.7 Å². The number of carbonyl (C=O) groups is 2. The molecule has 0 aromatic rings. The van der Waals surface area contributed by atoms with E-state index in [-0.39, 0.29) is 12.3 Å². The molecule has 0 bridgehead atoms. The van der Waals surface area contributed by atoms with Gasteiger partial charge in [-0.2, -0.15) is 0 Å². The average molecular weight is 286 g/mol. The Morgan fingerprint density at radius 2 is 1.55 bits per heavy atom. The Morgan fingerprint density at radius 3 is 2.05 bits per heavy atom. The van der Waals surface area contributed by atoms with E-state index in [9.17, 15) is 9.59 Å². The van der Waals surface area contributed by atoms with Crippen LogP contribution in [0.3, 0.4) is 0 Å². The van der Waals surface area contributed by atoms with Crippen LogP contribution in [-0.2, 0) is 9.59 Å². The first-order chi connectivity index (χ1) is 9.51. The maximum absolute atomic E-state index is 11.1. The molecule has 4 nitrogen and oxygen atoms in total. The van der Waals surface area contributed by atoms with Crippen LogP contribution in [0.15, 0.2) is 0 Å². The second-order valence-electron chi connectivity index (χ2n) is 5.70. The highest BCUT2D eigenvalue weighted by Gasteiger charge is 2.22. The maximum Gasteiger partial charge on any atom is 0.306 e. The molecule has 4 heteroatoms. The standard InChI is InChI=1S/C16H30O4/c1-3-5-6-7-8-9-10-13(12-15(17)18)11-14(4-2)16(19)20/h13-14H,3-12H2,1-2H3,(H,17,18)(H,19,20). The maximum atomic E-state index is 11.1. The summed E-state index contributed by atoms with van der Waals surface area (Å²) in [5.74, 6) is -2.02. The van der Waals surface area contributed by atoms with Gasteiger partial charge in [0.05, 0.1) is 5.92 Å². The van der Waals surface area contributed by atoms with Crippen molar-refractivity contribution in [2.24, 2.45) is 11.8 Å². The fraction of sp³-hybridized carbons (Fsp3) is 0.875. The predicted octanol–water partition coefficient (Wildman–Crippen LogP) is 4.33. The van der Waals surface area contributed by atoms with Crippen molar-refractivity contribution in [2.75, 3.05) is 0 Å². The Hall–Kier alpha value is -1.06. The highest BCUT2D eigenvalue weighted by molar-refractivity contribution is 5.70. The molecular formula is C16H30O4. The van der Waals surface area contributed by atoms with E-state index in [4.69, 9.17) is 10.2 Å². The fourth-order valence-corrected chi connectivity index (χ4v) is 2.61. The number of aliphatic carboxylic acids is 2. The van der Waals surface area contributed by atoms with Gasteiger partial charge in [-0.3, -0.25) is 9.59 Å². The molecule has 2 N–H and O–H groups in total. The van der Waals surface area contributed by atoms with Crippen LogP contribution in [0.4, 0.5) is 0 Å². The summed E-state index contributed by atoms with van der Waals surface area (Å²) in [5, 5.41) is 18.0. The van der Waals surface area contributed by atoms with Gasteiger partial charge in [-0.25, -0.2) is 0 Å². The van der Waals surface area contributed by atoms with E-state index in [0.29, 0.717) is 12.8 Å². The molecule has 0 aliphatic rings. The largest absolute Gasteiger partial charge is 0.481 e. The first-order valence-electron chi connectivity index (χ1n) is 7.95. The van der Waals surface area contributed by atoms with Gasteiger partial charge in [-0.1, -0.05) is 52.4 Å². The number of carboxylic acids is 2. The summed E-state index contributed by atoms with van der Waals surface area (Å²) in [7, 11) is 0. The molecule has 2 atom stereocenters. The molecule has 0 saturated carbocycles. The lowest BCUT2D eigenvalue weighted by Crippen LogP contribution is -2.19. The Kier molecular flexibility index (Phi) is 11.1. The highest BCUT2D eigenvalue weighted by atomic mass is 16.4. The molecule has 2 unspecified atom stereocenters. The average Bonchev–Trinajstić information content (AvgIpc) is 2.38. The molecule has 0 aliphatic heterocycles. The van der Waals surface area contributed by atoms with Crippen LogP contribution < -0.4 is 0 Å². The van der Waals surface area contributed by atoms with Crippen LogP contribution in [0.2, 0.25) is 0 Å². The predicted molar refractivity (Wildman–Crippen MR) is 79.8 cm³/mol. The van der Waals surface area contributed by atoms with Crippen molar-refractivity contribution in [3.63, 3.8) is 0 Å². The van der Waals surface area contributed by atoms with Gasteiger partial charge < -0.3 is 10.2 Å². The van der Waals surface area contributed by atoms with Crippen molar-refractivity contribution in [2.45, 2.75) is 78.1 Å². The Balaban J connectivity index is 4.07. The van der Waals surface area contributed by atoms with Gasteiger partial charge >= 0.3 is 11.9 Å². The van der Waals surface area contributed by atoms with Crippen molar-refractivity contribution in [3.8, 4) is 0 Å². The lowest BCUT2D eigenvalue weighted by molar-refractivity contribution is -0.144. The summed E-state index contributed by atoms with van der Waals surface area (Å²) >= 11 is 0. The first kappa shape index (κ1) is 18.9. The third-order valence-electron chi connectivity index (χ3n) is 3.89. The van der Waals surface area contributed by atoms with Gasteiger partial charge in [0.15, 0.2) is 0 Å². The molecule has 0 aliphatic carbocycles. The minimum absolute atomic E-state index is 0.000254. The van der Waals surface area contributed by atoms with Gasteiger partial charge in [0, 0.05) is 6.42 Å². The topological polar surface area (TPSA) is 74.6 Å². The zero-order valence-corrected chi connectivity index (χ0v) is 12.9. The van der Waals surface area contributed by atoms with E-state index in [2.05, 4.69) is 6.92 Å². The summed E-state index contributed by atoms with van der Waals surface area (Å²) in [5.41, 5.74) is 0. The first-order valence-corrected chi connectivity index (χ1v) is 7.95. The van der Waals surface area contributed by atoms with Crippen molar-refractivity contribution >= 4 is 11.9 Å². The van der Waals surface area contributed by atoms with Crippen molar-refractivity contribution in [1.82, 2.24) is 0 Å². The number of rotatable bonds is 13. The third kappa shape index (κ3) is 9.82. The van der Waals surface area contributed by atoms with E-state index in [1.807, 2.05) is 6.92 Å².